The molecule has 0 spiro atoms. The van der Waals surface area contributed by atoms with Gasteiger partial charge in [0.25, 0.3) is 0 Å². The molecule has 4 heteroatoms. The molecule has 4 rings (SSSR count). The molecule has 2 N–H and O–H groups in total. The van der Waals surface area contributed by atoms with Crippen molar-refractivity contribution in [1.82, 2.24) is 0 Å². The quantitative estimate of drug-likeness (QED) is 0.908. The maximum atomic E-state index is 5.88. The summed E-state index contributed by atoms with van der Waals surface area (Å²) in [5.41, 5.74) is 3.83. The third kappa shape index (κ3) is 3.10. The molecule has 0 unspecified atom stereocenters. The second-order valence-corrected chi connectivity index (χ2v) is 6.54. The van der Waals surface area contributed by atoms with Gasteiger partial charge in [-0.15, -0.1) is 0 Å². The molecule has 2 aliphatic heterocycles. The second kappa shape index (κ2) is 7.03. The first-order chi connectivity index (χ1) is 11.8. The van der Waals surface area contributed by atoms with Gasteiger partial charge < -0.3 is 19.5 Å². The van der Waals surface area contributed by atoms with Crippen molar-refractivity contribution in [2.24, 2.45) is 0 Å². The lowest BCUT2D eigenvalue weighted by molar-refractivity contribution is -0.707. The van der Waals surface area contributed by atoms with Crippen LogP contribution in [0.25, 0.3) is 11.1 Å². The van der Waals surface area contributed by atoms with E-state index in [-0.39, 0.29) is 18.3 Å². The van der Waals surface area contributed by atoms with Gasteiger partial charge in [0, 0.05) is 12.7 Å². The van der Waals surface area contributed by atoms with Gasteiger partial charge >= 0.3 is 0 Å². The van der Waals surface area contributed by atoms with Crippen molar-refractivity contribution in [2.45, 2.75) is 30.9 Å². The molecule has 2 heterocycles. The Morgan fingerprint density at radius 3 is 2.38 bits per heavy atom. The van der Waals surface area contributed by atoms with Crippen molar-refractivity contribution < 1.29 is 19.5 Å². The van der Waals surface area contributed by atoms with Crippen molar-refractivity contribution in [3.63, 3.8) is 0 Å². The van der Waals surface area contributed by atoms with Crippen LogP contribution in [-0.4, -0.2) is 44.7 Å². The van der Waals surface area contributed by atoms with E-state index in [1.807, 2.05) is 6.07 Å². The fraction of sp³-hybridized carbons (Fsp3) is 0.400. The van der Waals surface area contributed by atoms with Crippen molar-refractivity contribution in [3.05, 3.63) is 60.2 Å². The molecule has 0 aliphatic carbocycles. The van der Waals surface area contributed by atoms with E-state index >= 15 is 0 Å². The fourth-order valence-corrected chi connectivity index (χ4v) is 3.65. The Hall–Kier alpha value is -1.72. The van der Waals surface area contributed by atoms with Gasteiger partial charge in [-0.25, -0.2) is 0 Å². The molecule has 0 saturated carbocycles. The van der Waals surface area contributed by atoms with Crippen molar-refractivity contribution in [2.75, 3.05) is 20.3 Å². The highest BCUT2D eigenvalue weighted by molar-refractivity contribution is 5.63. The molecule has 0 aromatic heterocycles. The van der Waals surface area contributed by atoms with E-state index in [2.05, 4.69) is 53.8 Å². The van der Waals surface area contributed by atoms with Crippen LogP contribution in [0.5, 0.6) is 0 Å². The van der Waals surface area contributed by atoms with Crippen LogP contribution >= 0.6 is 0 Å². The van der Waals surface area contributed by atoms with E-state index in [4.69, 9.17) is 14.2 Å². The zero-order valence-corrected chi connectivity index (χ0v) is 13.9. The number of methoxy groups -OCH3 is 1. The molecule has 4 nitrogen and oxygen atoms in total. The maximum absolute atomic E-state index is 5.88. The summed E-state index contributed by atoms with van der Waals surface area (Å²) >= 11 is 0. The predicted molar refractivity (Wildman–Crippen MR) is 91.6 cm³/mol. The fourth-order valence-electron chi connectivity index (χ4n) is 3.65. The molecular weight excluding hydrogens is 302 g/mol. The minimum atomic E-state index is 0.0820. The molecule has 2 aromatic rings. The lowest BCUT2D eigenvalue weighted by Gasteiger charge is -2.15. The number of benzene rings is 2. The van der Waals surface area contributed by atoms with Crippen LogP contribution in [0.4, 0.5) is 0 Å². The Balaban J connectivity index is 1.35. The van der Waals surface area contributed by atoms with E-state index in [0.717, 1.165) is 13.2 Å². The molecular formula is C20H24NO3+. The van der Waals surface area contributed by atoms with Crippen molar-refractivity contribution in [1.29, 1.82) is 0 Å². The molecule has 2 fully saturated rings. The summed E-state index contributed by atoms with van der Waals surface area (Å²) in [6, 6.07) is 19.6. The van der Waals surface area contributed by atoms with E-state index in [9.17, 15) is 0 Å². The molecule has 0 amide bonds. The van der Waals surface area contributed by atoms with Gasteiger partial charge in [0.05, 0.1) is 6.61 Å². The van der Waals surface area contributed by atoms with E-state index in [0.29, 0.717) is 12.6 Å². The van der Waals surface area contributed by atoms with Crippen LogP contribution in [-0.2, 0) is 20.8 Å². The second-order valence-electron chi connectivity index (χ2n) is 6.54. The number of hydrogen-bond donors (Lipinski definition) is 1. The van der Waals surface area contributed by atoms with Crippen molar-refractivity contribution in [3.8, 4) is 11.1 Å². The third-order valence-electron chi connectivity index (χ3n) is 5.07. The van der Waals surface area contributed by atoms with Crippen LogP contribution in [0.3, 0.4) is 0 Å². The molecule has 2 aliphatic rings. The number of rotatable bonds is 5. The van der Waals surface area contributed by atoms with Gasteiger partial charge in [-0.05, 0) is 11.1 Å². The molecule has 126 valence electrons. The van der Waals surface area contributed by atoms with Crippen LogP contribution in [0.1, 0.15) is 5.56 Å². The Morgan fingerprint density at radius 2 is 1.62 bits per heavy atom. The first kappa shape index (κ1) is 15.8. The molecule has 2 saturated heterocycles. The predicted octanol–water partition coefficient (Wildman–Crippen LogP) is 1.60. The van der Waals surface area contributed by atoms with Crippen LogP contribution < -0.4 is 5.32 Å². The first-order valence-electron chi connectivity index (χ1n) is 8.59. The summed E-state index contributed by atoms with van der Waals surface area (Å²) in [6.07, 6.45) is 0.328. The van der Waals surface area contributed by atoms with Gasteiger partial charge in [0.2, 0.25) is 0 Å². The number of quaternary nitrogens is 1. The SMILES string of the molecule is CO[C@@H]1CO[C@H]2[C@@H]1OC[C@@H]2[NH2+]Cc1ccc(-c2ccccc2)cc1. The smallest absolute Gasteiger partial charge is 0.140 e. The molecule has 4 atom stereocenters. The minimum absolute atomic E-state index is 0.0820. The van der Waals surface area contributed by atoms with Crippen LogP contribution in [0.15, 0.2) is 54.6 Å². The summed E-state index contributed by atoms with van der Waals surface area (Å²) in [7, 11) is 1.73. The maximum Gasteiger partial charge on any atom is 0.140 e. The van der Waals surface area contributed by atoms with E-state index in [1.165, 1.54) is 16.7 Å². The lowest BCUT2D eigenvalue weighted by atomic mass is 10.0. The first-order valence-corrected chi connectivity index (χ1v) is 8.59. The monoisotopic (exact) mass is 326 g/mol. The van der Waals surface area contributed by atoms with E-state index < -0.39 is 0 Å². The summed E-state index contributed by atoms with van der Waals surface area (Å²) in [5, 5.41) is 2.33. The molecule has 24 heavy (non-hydrogen) atoms. The normalized spacial score (nSPS) is 28.9. The Labute approximate surface area is 142 Å². The van der Waals surface area contributed by atoms with Gasteiger partial charge in [0.15, 0.2) is 0 Å². The Bertz CT molecular complexity index is 658. The van der Waals surface area contributed by atoms with E-state index in [1.54, 1.807) is 7.11 Å². The minimum Gasteiger partial charge on any atom is -0.376 e. The standard InChI is InChI=1S/C20H23NO3/c1-22-18-13-24-19-17(12-23-20(18)19)21-11-14-7-9-16(10-8-14)15-5-3-2-4-6-15/h2-10,17-21H,11-13H2,1H3/p+1/t17-,18+,19+,20+/m0/s1. The van der Waals surface area contributed by atoms with Crippen molar-refractivity contribution >= 4 is 0 Å². The number of hydrogen-bond acceptors (Lipinski definition) is 3. The Kier molecular flexibility index (Phi) is 4.63. The molecule has 0 bridgehead atoms. The van der Waals surface area contributed by atoms with Gasteiger partial charge in [0.1, 0.15) is 37.5 Å². The third-order valence-corrected chi connectivity index (χ3v) is 5.07. The van der Waals surface area contributed by atoms with Gasteiger partial charge in [-0.2, -0.15) is 0 Å². The summed E-state index contributed by atoms with van der Waals surface area (Å²) < 4.78 is 17.2. The zero-order valence-electron chi connectivity index (χ0n) is 13.9. The highest BCUT2D eigenvalue weighted by atomic mass is 16.6. The highest BCUT2D eigenvalue weighted by Gasteiger charge is 2.49. The largest absolute Gasteiger partial charge is 0.376 e. The van der Waals surface area contributed by atoms with Crippen LogP contribution in [0, 0.1) is 0 Å². The summed E-state index contributed by atoms with van der Waals surface area (Å²) in [5.74, 6) is 0. The summed E-state index contributed by atoms with van der Waals surface area (Å²) in [4.78, 5) is 0. The number of ether oxygens (including phenoxy) is 3. The Morgan fingerprint density at radius 1 is 0.917 bits per heavy atom. The average molecular weight is 326 g/mol. The molecule has 2 aromatic carbocycles. The topological polar surface area (TPSA) is 44.3 Å². The zero-order chi connectivity index (χ0) is 16.4. The van der Waals surface area contributed by atoms with Gasteiger partial charge in [-0.3, -0.25) is 0 Å². The average Bonchev–Trinajstić information content (AvgIpc) is 3.23. The number of fused-ring (bicyclic) bond motifs is 1. The lowest BCUT2D eigenvalue weighted by Crippen LogP contribution is -2.91. The number of nitrogens with two attached hydrogens (primary N) is 1. The molecule has 0 radical (unpaired) electrons. The highest BCUT2D eigenvalue weighted by Crippen LogP contribution is 2.27. The van der Waals surface area contributed by atoms with Crippen LogP contribution in [0.2, 0.25) is 0 Å². The van der Waals surface area contributed by atoms with Gasteiger partial charge in [-0.1, -0.05) is 54.6 Å². The summed E-state index contributed by atoms with van der Waals surface area (Å²) in [6.45, 7) is 2.31.